The Bertz CT molecular complexity index is 411. The lowest BCUT2D eigenvalue weighted by Gasteiger charge is -2.28. The van der Waals surface area contributed by atoms with Crippen molar-refractivity contribution in [3.05, 3.63) is 23.3 Å². The Hall–Kier alpha value is -1.22. The molecule has 0 radical (unpaired) electrons. The van der Waals surface area contributed by atoms with E-state index in [1.54, 1.807) is 7.11 Å². The van der Waals surface area contributed by atoms with Gasteiger partial charge in [0, 0.05) is 17.8 Å². The second kappa shape index (κ2) is 5.61. The average Bonchev–Trinajstić information content (AvgIpc) is 2.30. The monoisotopic (exact) mass is 250 g/mol. The molecule has 0 atom stereocenters. The van der Waals surface area contributed by atoms with E-state index in [4.69, 9.17) is 10.5 Å². The zero-order valence-electron chi connectivity index (χ0n) is 12.4. The van der Waals surface area contributed by atoms with Gasteiger partial charge in [-0.05, 0) is 49.9 Å². The molecule has 1 aromatic rings. The number of nitrogens with one attached hydrogen (secondary N) is 1. The number of benzene rings is 1. The summed E-state index contributed by atoms with van der Waals surface area (Å²) in [5.74, 6) is 1.39. The number of aryl methyl sites for hydroxylation is 1. The molecule has 3 N–H and O–H groups in total. The van der Waals surface area contributed by atoms with Gasteiger partial charge in [-0.25, -0.2) is 0 Å². The third-order valence-corrected chi connectivity index (χ3v) is 3.18. The minimum Gasteiger partial charge on any atom is -0.496 e. The number of anilines is 1. The number of hydrogen-bond donors (Lipinski definition) is 2. The van der Waals surface area contributed by atoms with Gasteiger partial charge in [0.2, 0.25) is 0 Å². The topological polar surface area (TPSA) is 47.3 Å². The van der Waals surface area contributed by atoms with Gasteiger partial charge in [0.15, 0.2) is 0 Å². The summed E-state index contributed by atoms with van der Waals surface area (Å²) < 4.78 is 5.45. The van der Waals surface area contributed by atoms with Crippen LogP contribution in [0.4, 0.5) is 5.69 Å². The van der Waals surface area contributed by atoms with Crippen molar-refractivity contribution in [2.24, 2.45) is 5.73 Å². The summed E-state index contributed by atoms with van der Waals surface area (Å²) in [5.41, 5.74) is 9.20. The van der Waals surface area contributed by atoms with Crippen molar-refractivity contribution in [1.82, 2.24) is 0 Å². The quantitative estimate of drug-likeness (QED) is 0.843. The Balaban J connectivity index is 3.17. The van der Waals surface area contributed by atoms with E-state index in [0.29, 0.717) is 12.5 Å². The third-order valence-electron chi connectivity index (χ3n) is 3.18. The number of rotatable bonds is 5. The SMILES string of the molecule is COc1cc(C)c(NC(C)(C)CN)cc1C(C)C. The molecule has 3 heteroatoms. The summed E-state index contributed by atoms with van der Waals surface area (Å²) in [4.78, 5) is 0. The molecule has 3 nitrogen and oxygen atoms in total. The molecule has 0 saturated carbocycles. The van der Waals surface area contributed by atoms with Crippen molar-refractivity contribution in [1.29, 1.82) is 0 Å². The zero-order chi connectivity index (χ0) is 13.9. The predicted molar refractivity (Wildman–Crippen MR) is 78.6 cm³/mol. The fourth-order valence-electron chi connectivity index (χ4n) is 1.88. The van der Waals surface area contributed by atoms with Crippen molar-refractivity contribution in [3.8, 4) is 5.75 Å². The molecule has 0 heterocycles. The molecule has 18 heavy (non-hydrogen) atoms. The highest BCUT2D eigenvalue weighted by Crippen LogP contribution is 2.32. The van der Waals surface area contributed by atoms with Crippen LogP contribution >= 0.6 is 0 Å². The van der Waals surface area contributed by atoms with Crippen LogP contribution in [-0.2, 0) is 0 Å². The van der Waals surface area contributed by atoms with E-state index in [-0.39, 0.29) is 5.54 Å². The lowest BCUT2D eigenvalue weighted by atomic mass is 9.97. The summed E-state index contributed by atoms with van der Waals surface area (Å²) in [6.07, 6.45) is 0. The second-order valence-electron chi connectivity index (χ2n) is 5.78. The third kappa shape index (κ3) is 3.39. The summed E-state index contributed by atoms with van der Waals surface area (Å²) >= 11 is 0. The lowest BCUT2D eigenvalue weighted by molar-refractivity contribution is 0.407. The molecule has 0 aromatic heterocycles. The van der Waals surface area contributed by atoms with Gasteiger partial charge in [0.25, 0.3) is 0 Å². The highest BCUT2D eigenvalue weighted by atomic mass is 16.5. The first kappa shape index (κ1) is 14.8. The van der Waals surface area contributed by atoms with Gasteiger partial charge >= 0.3 is 0 Å². The first-order valence-electron chi connectivity index (χ1n) is 6.47. The van der Waals surface area contributed by atoms with E-state index >= 15 is 0 Å². The van der Waals surface area contributed by atoms with E-state index in [2.05, 4.69) is 52.1 Å². The normalized spacial score (nSPS) is 11.8. The van der Waals surface area contributed by atoms with Crippen molar-refractivity contribution in [2.45, 2.75) is 46.1 Å². The Kier molecular flexibility index (Phi) is 4.63. The van der Waals surface area contributed by atoms with Gasteiger partial charge < -0.3 is 15.8 Å². The largest absolute Gasteiger partial charge is 0.496 e. The molecular formula is C15H26N2O. The van der Waals surface area contributed by atoms with Gasteiger partial charge in [0.1, 0.15) is 5.75 Å². The molecule has 0 spiro atoms. The molecule has 102 valence electrons. The molecule has 1 rings (SSSR count). The van der Waals surface area contributed by atoms with Crippen LogP contribution in [-0.4, -0.2) is 19.2 Å². The van der Waals surface area contributed by atoms with E-state index < -0.39 is 0 Å². The minimum absolute atomic E-state index is 0.104. The summed E-state index contributed by atoms with van der Waals surface area (Å²) in [6, 6.07) is 4.26. The maximum absolute atomic E-state index is 5.77. The molecule has 0 aliphatic heterocycles. The van der Waals surface area contributed by atoms with E-state index in [9.17, 15) is 0 Å². The van der Waals surface area contributed by atoms with E-state index in [1.807, 2.05) is 0 Å². The van der Waals surface area contributed by atoms with Crippen LogP contribution in [0.1, 0.15) is 44.7 Å². The van der Waals surface area contributed by atoms with E-state index in [1.165, 1.54) is 11.1 Å². The predicted octanol–water partition coefficient (Wildman–Crippen LogP) is 3.28. The molecule has 0 fully saturated rings. The molecule has 0 saturated heterocycles. The fourth-order valence-corrected chi connectivity index (χ4v) is 1.88. The number of ether oxygens (including phenoxy) is 1. The zero-order valence-corrected chi connectivity index (χ0v) is 12.4. The molecule has 0 bridgehead atoms. The van der Waals surface area contributed by atoms with Crippen LogP contribution in [0.25, 0.3) is 0 Å². The summed E-state index contributed by atoms with van der Waals surface area (Å²) in [6.45, 7) is 11.2. The standard InChI is InChI=1S/C15H26N2O/c1-10(2)12-8-13(17-15(4,5)9-16)11(3)7-14(12)18-6/h7-8,10,17H,9,16H2,1-6H3. The highest BCUT2D eigenvalue weighted by molar-refractivity contribution is 5.59. The van der Waals surface area contributed by atoms with Gasteiger partial charge in [-0.3, -0.25) is 0 Å². The van der Waals surface area contributed by atoms with Crippen LogP contribution in [0, 0.1) is 6.92 Å². The first-order chi connectivity index (χ1) is 8.30. The summed E-state index contributed by atoms with van der Waals surface area (Å²) in [7, 11) is 1.72. The molecule has 0 aliphatic carbocycles. The van der Waals surface area contributed by atoms with E-state index in [0.717, 1.165) is 11.4 Å². The molecular weight excluding hydrogens is 224 g/mol. The van der Waals surface area contributed by atoms with Gasteiger partial charge in [-0.2, -0.15) is 0 Å². The van der Waals surface area contributed by atoms with Crippen LogP contribution < -0.4 is 15.8 Å². The second-order valence-corrected chi connectivity index (χ2v) is 5.78. The maximum atomic E-state index is 5.77. The number of methoxy groups -OCH3 is 1. The minimum atomic E-state index is -0.104. The highest BCUT2D eigenvalue weighted by Gasteiger charge is 2.18. The van der Waals surface area contributed by atoms with Crippen molar-refractivity contribution < 1.29 is 4.74 Å². The van der Waals surface area contributed by atoms with Crippen LogP contribution in [0.5, 0.6) is 5.75 Å². The van der Waals surface area contributed by atoms with Crippen LogP contribution in [0.3, 0.4) is 0 Å². The van der Waals surface area contributed by atoms with Gasteiger partial charge in [0.05, 0.1) is 7.11 Å². The van der Waals surface area contributed by atoms with Gasteiger partial charge in [-0.15, -0.1) is 0 Å². The molecule has 1 aromatic carbocycles. The fraction of sp³-hybridized carbons (Fsp3) is 0.600. The summed E-state index contributed by atoms with van der Waals surface area (Å²) in [5, 5.41) is 3.50. The lowest BCUT2D eigenvalue weighted by Crippen LogP contribution is -2.39. The van der Waals surface area contributed by atoms with Crippen molar-refractivity contribution in [3.63, 3.8) is 0 Å². The van der Waals surface area contributed by atoms with Gasteiger partial charge in [-0.1, -0.05) is 13.8 Å². The van der Waals surface area contributed by atoms with Crippen LogP contribution in [0.15, 0.2) is 12.1 Å². The Morgan fingerprint density at radius 1 is 1.33 bits per heavy atom. The molecule has 0 unspecified atom stereocenters. The number of hydrogen-bond acceptors (Lipinski definition) is 3. The van der Waals surface area contributed by atoms with Crippen molar-refractivity contribution in [2.75, 3.05) is 19.0 Å². The Morgan fingerprint density at radius 2 is 1.94 bits per heavy atom. The molecule has 0 amide bonds. The first-order valence-corrected chi connectivity index (χ1v) is 6.47. The van der Waals surface area contributed by atoms with Crippen molar-refractivity contribution >= 4 is 5.69 Å². The molecule has 0 aliphatic rings. The number of nitrogens with two attached hydrogens (primary N) is 1. The Morgan fingerprint density at radius 3 is 2.39 bits per heavy atom. The van der Waals surface area contributed by atoms with Crippen LogP contribution in [0.2, 0.25) is 0 Å². The smallest absolute Gasteiger partial charge is 0.122 e. The Labute approximate surface area is 111 Å². The average molecular weight is 250 g/mol. The maximum Gasteiger partial charge on any atom is 0.122 e.